The highest BCUT2D eigenvalue weighted by Crippen LogP contribution is 2.27. The van der Waals surface area contributed by atoms with Crippen LogP contribution in [0, 0.1) is 11.3 Å². The van der Waals surface area contributed by atoms with Crippen molar-refractivity contribution in [2.24, 2.45) is 0 Å². The molecule has 13 heavy (non-hydrogen) atoms. The lowest BCUT2D eigenvalue weighted by Crippen LogP contribution is -2.28. The molecule has 0 saturated heterocycles. The van der Waals surface area contributed by atoms with Crippen LogP contribution in [0.1, 0.15) is 32.1 Å². The third-order valence-corrected chi connectivity index (χ3v) is 2.74. The number of unbranched alkanes of at least 4 members (excludes halogenated alkanes) is 1. The summed E-state index contributed by atoms with van der Waals surface area (Å²) in [5.41, 5.74) is 0. The number of rotatable bonds is 7. The molecule has 0 aliphatic heterocycles. The molecule has 0 aromatic carbocycles. The first-order valence-corrected chi connectivity index (χ1v) is 5.73. The molecule has 0 bridgehead atoms. The summed E-state index contributed by atoms with van der Waals surface area (Å²) in [7, 11) is 0. The Morgan fingerprint density at radius 1 is 1.31 bits per heavy atom. The average Bonchev–Trinajstić information content (AvgIpc) is 2.94. The van der Waals surface area contributed by atoms with E-state index in [0.29, 0.717) is 6.42 Å². The maximum absolute atomic E-state index is 8.50. The van der Waals surface area contributed by atoms with Gasteiger partial charge >= 0.3 is 0 Å². The van der Waals surface area contributed by atoms with E-state index >= 15 is 0 Å². The van der Waals surface area contributed by atoms with E-state index in [4.69, 9.17) is 5.26 Å². The maximum Gasteiger partial charge on any atom is 0.0635 e. The second kappa shape index (κ2) is 6.28. The lowest BCUT2D eigenvalue weighted by atomic mass is 10.3. The van der Waals surface area contributed by atoms with Crippen LogP contribution in [-0.2, 0) is 0 Å². The molecule has 2 nitrogen and oxygen atoms in total. The second-order valence-corrected chi connectivity index (χ2v) is 4.05. The van der Waals surface area contributed by atoms with Crippen LogP contribution in [0.3, 0.4) is 0 Å². The highest BCUT2D eigenvalue weighted by atomic mass is 32.1. The Morgan fingerprint density at radius 3 is 2.62 bits per heavy atom. The van der Waals surface area contributed by atoms with Crippen molar-refractivity contribution in [3.8, 4) is 6.07 Å². The predicted molar refractivity (Wildman–Crippen MR) is 57.9 cm³/mol. The van der Waals surface area contributed by atoms with Crippen LogP contribution in [0.15, 0.2) is 0 Å². The molecule has 1 aliphatic rings. The zero-order valence-corrected chi connectivity index (χ0v) is 8.97. The van der Waals surface area contributed by atoms with Crippen molar-refractivity contribution in [2.45, 2.75) is 38.1 Å². The zero-order valence-electron chi connectivity index (χ0n) is 8.08. The van der Waals surface area contributed by atoms with Gasteiger partial charge in [0.2, 0.25) is 0 Å². The number of nitriles is 1. The Balaban J connectivity index is 2.10. The van der Waals surface area contributed by atoms with Crippen LogP contribution in [0.25, 0.3) is 0 Å². The Morgan fingerprint density at radius 2 is 2.08 bits per heavy atom. The highest BCUT2D eigenvalue weighted by molar-refractivity contribution is 7.80. The van der Waals surface area contributed by atoms with Gasteiger partial charge in [-0.2, -0.15) is 17.9 Å². The molecule has 1 fully saturated rings. The van der Waals surface area contributed by atoms with Crippen LogP contribution in [0.5, 0.6) is 0 Å². The third kappa shape index (κ3) is 4.54. The first-order chi connectivity index (χ1) is 6.38. The van der Waals surface area contributed by atoms with Crippen molar-refractivity contribution in [1.82, 2.24) is 4.90 Å². The van der Waals surface area contributed by atoms with Crippen LogP contribution in [0.2, 0.25) is 0 Å². The van der Waals surface area contributed by atoms with Crippen LogP contribution in [0.4, 0.5) is 0 Å². The number of nitrogens with zero attached hydrogens (tertiary/aromatic N) is 2. The molecule has 1 aliphatic carbocycles. The second-order valence-electron chi connectivity index (χ2n) is 3.61. The van der Waals surface area contributed by atoms with Crippen LogP contribution < -0.4 is 0 Å². The van der Waals surface area contributed by atoms with Crippen molar-refractivity contribution in [3.05, 3.63) is 0 Å². The van der Waals surface area contributed by atoms with Crippen LogP contribution in [-0.4, -0.2) is 29.8 Å². The van der Waals surface area contributed by atoms with Gasteiger partial charge in [-0.3, -0.25) is 4.90 Å². The van der Waals surface area contributed by atoms with Gasteiger partial charge in [0.05, 0.1) is 6.07 Å². The fraction of sp³-hybridized carbons (Fsp3) is 0.900. The number of hydrogen-bond acceptors (Lipinski definition) is 3. The quantitative estimate of drug-likeness (QED) is 0.501. The molecular formula is C10H18N2S. The molecule has 0 aromatic rings. The topological polar surface area (TPSA) is 27.0 Å². The molecule has 0 radical (unpaired) electrons. The molecule has 1 rings (SSSR count). The Kier molecular flexibility index (Phi) is 5.26. The standard InChI is InChI=1S/C10H18N2S/c11-6-3-8-12(10-4-5-10)7-1-2-9-13/h10,13H,1-5,7-9H2. The molecule has 0 atom stereocenters. The molecule has 0 heterocycles. The SMILES string of the molecule is N#CCCN(CCCCS)C1CC1. The minimum Gasteiger partial charge on any atom is -0.299 e. The Labute approximate surface area is 86.3 Å². The van der Waals surface area contributed by atoms with E-state index in [9.17, 15) is 0 Å². The molecule has 0 unspecified atom stereocenters. The number of hydrogen-bond donors (Lipinski definition) is 1. The van der Waals surface area contributed by atoms with Crippen molar-refractivity contribution >= 4 is 12.6 Å². The molecular weight excluding hydrogens is 180 g/mol. The van der Waals surface area contributed by atoms with Crippen molar-refractivity contribution < 1.29 is 0 Å². The van der Waals surface area contributed by atoms with E-state index in [1.807, 2.05) is 0 Å². The molecule has 0 spiro atoms. The number of thiol groups is 1. The van der Waals surface area contributed by atoms with Crippen molar-refractivity contribution in [1.29, 1.82) is 5.26 Å². The summed E-state index contributed by atoms with van der Waals surface area (Å²) in [4.78, 5) is 2.46. The van der Waals surface area contributed by atoms with Gasteiger partial charge in [0.1, 0.15) is 0 Å². The largest absolute Gasteiger partial charge is 0.299 e. The van der Waals surface area contributed by atoms with Crippen molar-refractivity contribution in [2.75, 3.05) is 18.8 Å². The molecule has 74 valence electrons. The van der Waals surface area contributed by atoms with Gasteiger partial charge in [-0.1, -0.05) is 0 Å². The lowest BCUT2D eigenvalue weighted by Gasteiger charge is -2.19. The summed E-state index contributed by atoms with van der Waals surface area (Å²) < 4.78 is 0. The van der Waals surface area contributed by atoms with Crippen molar-refractivity contribution in [3.63, 3.8) is 0 Å². The third-order valence-electron chi connectivity index (χ3n) is 2.43. The summed E-state index contributed by atoms with van der Waals surface area (Å²) in [5.74, 6) is 0.983. The van der Waals surface area contributed by atoms with Gasteiger partial charge in [0.15, 0.2) is 0 Å². The summed E-state index contributed by atoms with van der Waals surface area (Å²) in [6.45, 7) is 2.13. The van der Waals surface area contributed by atoms with Gasteiger partial charge in [-0.05, 0) is 38.0 Å². The van der Waals surface area contributed by atoms with Gasteiger partial charge in [-0.25, -0.2) is 0 Å². The van der Waals surface area contributed by atoms with E-state index < -0.39 is 0 Å². The van der Waals surface area contributed by atoms with E-state index in [1.165, 1.54) is 25.7 Å². The molecule has 3 heteroatoms. The summed E-state index contributed by atoms with van der Waals surface area (Å²) in [6.07, 6.45) is 5.78. The minimum absolute atomic E-state index is 0.678. The summed E-state index contributed by atoms with van der Waals surface area (Å²) in [5, 5.41) is 8.50. The average molecular weight is 198 g/mol. The van der Waals surface area contributed by atoms with Gasteiger partial charge < -0.3 is 0 Å². The fourth-order valence-electron chi connectivity index (χ4n) is 1.54. The van der Waals surface area contributed by atoms with E-state index in [-0.39, 0.29) is 0 Å². The van der Waals surface area contributed by atoms with E-state index in [0.717, 1.165) is 24.9 Å². The predicted octanol–water partition coefficient (Wildman–Crippen LogP) is 2.07. The molecule has 1 saturated carbocycles. The maximum atomic E-state index is 8.50. The normalized spacial score (nSPS) is 16.1. The lowest BCUT2D eigenvalue weighted by molar-refractivity contribution is 0.265. The smallest absolute Gasteiger partial charge is 0.0635 e. The molecule has 0 N–H and O–H groups in total. The zero-order chi connectivity index (χ0) is 9.52. The summed E-state index contributed by atoms with van der Waals surface area (Å²) in [6, 6.07) is 3.01. The first kappa shape index (κ1) is 10.9. The fourth-order valence-corrected chi connectivity index (χ4v) is 1.76. The first-order valence-electron chi connectivity index (χ1n) is 5.10. The minimum atomic E-state index is 0.678. The highest BCUT2D eigenvalue weighted by Gasteiger charge is 2.27. The van der Waals surface area contributed by atoms with Gasteiger partial charge in [-0.15, -0.1) is 0 Å². The molecule has 0 amide bonds. The monoisotopic (exact) mass is 198 g/mol. The van der Waals surface area contributed by atoms with E-state index in [2.05, 4.69) is 23.6 Å². The van der Waals surface area contributed by atoms with E-state index in [1.54, 1.807) is 0 Å². The Hall–Kier alpha value is -0.200. The van der Waals surface area contributed by atoms with Gasteiger partial charge in [0.25, 0.3) is 0 Å². The Bertz CT molecular complexity index is 172. The van der Waals surface area contributed by atoms with Crippen LogP contribution >= 0.6 is 12.6 Å². The molecule has 0 aromatic heterocycles. The summed E-state index contributed by atoms with van der Waals surface area (Å²) >= 11 is 4.19. The van der Waals surface area contributed by atoms with Gasteiger partial charge in [0, 0.05) is 19.0 Å².